The quantitative estimate of drug-likeness (QED) is 0.0402. The first-order valence-electron chi connectivity index (χ1n) is 21.1. The molecule has 0 aromatic carbocycles. The number of imidazole rings is 2. The topological polar surface area (TPSA) is 374 Å². The molecule has 2 fully saturated rings. The van der Waals surface area contributed by atoms with E-state index in [4.69, 9.17) is 37.7 Å². The number of fused-ring (bicyclic) bond motifs is 2. The molecular formula is C37H56N12O15P2Si. The number of carbonyl (C=O) groups is 2. The summed E-state index contributed by atoms with van der Waals surface area (Å²) < 4.78 is 72.2. The number of anilines is 2. The molecule has 0 saturated carbocycles. The minimum atomic E-state index is -4.95. The van der Waals surface area contributed by atoms with E-state index in [0.29, 0.717) is 0 Å². The first-order valence-corrected chi connectivity index (χ1v) is 26.8. The second kappa shape index (κ2) is 20.6. The largest absolute Gasteiger partial charge is 0.475 e. The molecule has 10 atom stereocenters. The summed E-state index contributed by atoms with van der Waals surface area (Å²) in [7, 11) is -11.6. The SMILES string of the molecule is CC(C)C(=O)Nc1nc2c(ncn2C2O[C@H](CO)[C@@H](OP(=O)(OCCC#N)OCC3OC(n4cnc5c(=O)[nH]c(NC(=O)C(C)C)nc54)[C@H](N)[C@@H]3O[PH](=O)O)C2O[Si](C)(C)C(C)(C)C)c(=O)[nH]1. The van der Waals surface area contributed by atoms with Crippen molar-refractivity contribution < 1.29 is 60.7 Å². The third-order valence-electron chi connectivity index (χ3n) is 11.4. The van der Waals surface area contributed by atoms with Crippen molar-refractivity contribution in [1.29, 1.82) is 5.26 Å². The number of aliphatic hydroxyl groups excluding tert-OH is 1. The number of H-pyrrole nitrogens is 2. The van der Waals surface area contributed by atoms with Crippen LogP contribution in [0.3, 0.4) is 0 Å². The Hall–Kier alpha value is -4.59. The summed E-state index contributed by atoms with van der Waals surface area (Å²) in [5.74, 6) is -2.17. The Morgan fingerprint density at radius 2 is 1.46 bits per heavy atom. The molecule has 6 heterocycles. The van der Waals surface area contributed by atoms with E-state index in [2.05, 4.69) is 40.5 Å². The van der Waals surface area contributed by atoms with Gasteiger partial charge in [-0.15, -0.1) is 0 Å². The highest BCUT2D eigenvalue weighted by Crippen LogP contribution is 2.55. The van der Waals surface area contributed by atoms with E-state index in [1.807, 2.05) is 39.9 Å². The predicted molar refractivity (Wildman–Crippen MR) is 239 cm³/mol. The van der Waals surface area contributed by atoms with Crippen LogP contribution < -0.4 is 27.5 Å². The zero-order valence-electron chi connectivity index (χ0n) is 38.1. The average Bonchev–Trinajstić information content (AvgIpc) is 4.01. The number of hydrogen-bond acceptors (Lipinski definition) is 20. The van der Waals surface area contributed by atoms with E-state index < -0.39 is 133 Å². The van der Waals surface area contributed by atoms with Crippen LogP contribution in [0.25, 0.3) is 22.3 Å². The van der Waals surface area contributed by atoms with Crippen molar-refractivity contribution in [1.82, 2.24) is 39.0 Å². The van der Waals surface area contributed by atoms with E-state index in [0.717, 1.165) is 0 Å². The Bertz CT molecular complexity index is 2700. The van der Waals surface area contributed by atoms with Crippen molar-refractivity contribution in [2.24, 2.45) is 17.6 Å². The van der Waals surface area contributed by atoms with Gasteiger partial charge in [-0.3, -0.25) is 67.1 Å². The van der Waals surface area contributed by atoms with Gasteiger partial charge in [-0.1, -0.05) is 48.5 Å². The molecule has 27 nitrogen and oxygen atoms in total. The lowest BCUT2D eigenvalue weighted by molar-refractivity contribution is -0.119. The molecule has 4 aromatic rings. The number of ether oxygens (including phenoxy) is 2. The molecule has 6 rings (SSSR count). The van der Waals surface area contributed by atoms with Crippen molar-refractivity contribution in [3.63, 3.8) is 0 Å². The van der Waals surface area contributed by atoms with E-state index in [1.165, 1.54) is 21.8 Å². The van der Waals surface area contributed by atoms with Gasteiger partial charge in [-0.25, -0.2) is 14.5 Å². The van der Waals surface area contributed by atoms with Gasteiger partial charge in [0.25, 0.3) is 11.1 Å². The van der Waals surface area contributed by atoms with Gasteiger partial charge in [0.1, 0.15) is 30.5 Å². The number of nitriles is 1. The molecule has 2 aliphatic rings. The second-order valence-corrected chi connectivity index (χ2v) is 25.0. The van der Waals surface area contributed by atoms with Crippen molar-refractivity contribution in [3.05, 3.63) is 33.4 Å². The minimum Gasteiger partial charge on any atom is -0.407 e. The maximum atomic E-state index is 14.9. The summed E-state index contributed by atoms with van der Waals surface area (Å²) in [5, 5.41) is 24.8. The lowest BCUT2D eigenvalue weighted by atomic mass is 10.1. The zero-order valence-corrected chi connectivity index (χ0v) is 41.0. The minimum absolute atomic E-state index is 0.0424. The van der Waals surface area contributed by atoms with Gasteiger partial charge in [0, 0.05) is 11.8 Å². The zero-order chi connectivity index (χ0) is 49.3. The summed E-state index contributed by atoms with van der Waals surface area (Å²) in [5.41, 5.74) is 4.74. The van der Waals surface area contributed by atoms with Gasteiger partial charge in [0.05, 0.1) is 51.0 Å². The fourth-order valence-corrected chi connectivity index (χ4v) is 9.96. The van der Waals surface area contributed by atoms with Crippen molar-refractivity contribution in [2.45, 2.75) is 122 Å². The van der Waals surface area contributed by atoms with Gasteiger partial charge in [0.15, 0.2) is 43.1 Å². The van der Waals surface area contributed by atoms with Gasteiger partial charge < -0.3 is 34.2 Å². The number of nitrogens with two attached hydrogens (primary N) is 1. The van der Waals surface area contributed by atoms with E-state index in [1.54, 1.807) is 27.7 Å². The van der Waals surface area contributed by atoms with Crippen molar-refractivity contribution in [3.8, 4) is 6.07 Å². The smallest absolute Gasteiger partial charge is 0.407 e. The molecule has 2 amide bonds. The molecule has 67 heavy (non-hydrogen) atoms. The molecule has 0 radical (unpaired) electrons. The Morgan fingerprint density at radius 1 is 0.940 bits per heavy atom. The van der Waals surface area contributed by atoms with Gasteiger partial charge in [0.2, 0.25) is 23.7 Å². The monoisotopic (exact) mass is 998 g/mol. The Balaban J connectivity index is 1.35. The number of aliphatic hydroxyl groups is 1. The molecule has 2 saturated heterocycles. The summed E-state index contributed by atoms with van der Waals surface area (Å²) in [6.07, 6.45) is -7.38. The number of phosphoric acid groups is 1. The first-order chi connectivity index (χ1) is 31.4. The van der Waals surface area contributed by atoms with Gasteiger partial charge in [-0.2, -0.15) is 15.2 Å². The molecule has 4 aromatic heterocycles. The summed E-state index contributed by atoms with van der Waals surface area (Å²) in [6, 6.07) is 0.581. The highest BCUT2D eigenvalue weighted by molar-refractivity contribution is 7.48. The van der Waals surface area contributed by atoms with E-state index in [-0.39, 0.29) is 40.6 Å². The fourth-order valence-electron chi connectivity index (χ4n) is 6.74. The number of carbonyl (C=O) groups excluding carboxylic acids is 2. The van der Waals surface area contributed by atoms with Crippen LogP contribution in [0.2, 0.25) is 18.1 Å². The van der Waals surface area contributed by atoms with Crippen LogP contribution in [-0.2, 0) is 50.7 Å². The van der Waals surface area contributed by atoms with E-state index >= 15 is 0 Å². The standard InChI is InChI=1S/C37H56N12O15P2Si/c1-17(2)29(51)44-35-42-27-22(31(53)46-35)40-15-48(27)33-21(39)24(62-65(55)56)20(61-33)14-59-66(57,58-12-10-11-38)63-25-19(13-50)60-34(26(25)64-67(8,9)37(5,6)7)49-16-41-23-28(49)43-36(47-32(23)54)45-30(52)18(3)4/h15-21,24-26,33-34,50,65H,10,12-14,39H2,1-9H3,(H,55,56)(H2,42,44,46,51,53)(H2,43,45,47,52,54)/t19-,20?,21-,24-,25-,26?,33?,34?,66?/m1/s1. The molecule has 0 aliphatic carbocycles. The Kier molecular flexibility index (Phi) is 15.9. The van der Waals surface area contributed by atoms with Gasteiger partial charge in [-0.05, 0) is 18.1 Å². The van der Waals surface area contributed by atoms with Crippen molar-refractivity contribution >= 4 is 70.4 Å². The van der Waals surface area contributed by atoms with Crippen LogP contribution in [0.5, 0.6) is 0 Å². The molecule has 0 spiro atoms. The number of aromatic amines is 2. The Labute approximate surface area is 384 Å². The lowest BCUT2D eigenvalue weighted by Crippen LogP contribution is -2.49. The third kappa shape index (κ3) is 11.3. The Morgan fingerprint density at radius 3 is 1.94 bits per heavy atom. The molecule has 6 unspecified atom stereocenters. The highest BCUT2D eigenvalue weighted by atomic mass is 31.2. The molecule has 8 N–H and O–H groups in total. The summed E-state index contributed by atoms with van der Waals surface area (Å²) in [4.78, 5) is 83.1. The van der Waals surface area contributed by atoms with Crippen LogP contribution >= 0.6 is 16.1 Å². The second-order valence-electron chi connectivity index (χ2n) is 17.9. The van der Waals surface area contributed by atoms with E-state index in [9.17, 15) is 43.6 Å². The normalized spacial score (nSPS) is 24.9. The summed E-state index contributed by atoms with van der Waals surface area (Å²) >= 11 is 0. The number of hydrogen-bond donors (Lipinski definition) is 7. The number of aromatic nitrogens is 8. The number of rotatable bonds is 19. The van der Waals surface area contributed by atoms with Crippen LogP contribution in [0.4, 0.5) is 11.9 Å². The van der Waals surface area contributed by atoms with Crippen molar-refractivity contribution in [2.75, 3.05) is 30.5 Å². The average molecular weight is 999 g/mol. The van der Waals surface area contributed by atoms with Crippen LogP contribution in [0, 0.1) is 23.2 Å². The van der Waals surface area contributed by atoms with Crippen LogP contribution in [0.1, 0.15) is 67.3 Å². The lowest BCUT2D eigenvalue weighted by Gasteiger charge is -2.40. The first kappa shape index (κ1) is 51.8. The molecule has 2 aliphatic heterocycles. The predicted octanol–water partition coefficient (Wildman–Crippen LogP) is 2.15. The fraction of sp³-hybridized carbons (Fsp3) is 0.649. The maximum absolute atomic E-state index is 14.9. The van der Waals surface area contributed by atoms with Crippen LogP contribution in [0.15, 0.2) is 22.2 Å². The highest BCUT2D eigenvalue weighted by Gasteiger charge is 2.55. The molecule has 0 bridgehead atoms. The van der Waals surface area contributed by atoms with Gasteiger partial charge >= 0.3 is 16.1 Å². The molecule has 30 heteroatoms. The molecule has 368 valence electrons. The summed E-state index contributed by atoms with van der Waals surface area (Å²) in [6.45, 7) is 14.3. The number of phosphoric ester groups is 1. The number of amides is 2. The maximum Gasteiger partial charge on any atom is 0.475 e. The number of nitrogens with zero attached hydrogens (tertiary/aromatic N) is 7. The van der Waals surface area contributed by atoms with Crippen LogP contribution in [-0.4, -0.2) is 126 Å². The number of nitrogens with one attached hydrogen (secondary N) is 4. The molecular weight excluding hydrogens is 943 g/mol. The third-order valence-corrected chi connectivity index (χ3v) is 17.8.